The van der Waals surface area contributed by atoms with Crippen molar-refractivity contribution in [2.45, 2.75) is 32.1 Å². The number of halogens is 6. The van der Waals surface area contributed by atoms with Gasteiger partial charge in [-0.2, -0.15) is 8.78 Å². The third-order valence-corrected chi connectivity index (χ3v) is 6.62. The molecule has 0 radical (unpaired) electrons. The molecule has 0 saturated heterocycles. The lowest BCUT2D eigenvalue weighted by molar-refractivity contribution is -0.136. The number of benzene rings is 1. The Balaban J connectivity index is 1.73. The Morgan fingerprint density at radius 1 is 0.373 bits per heavy atom. The van der Waals surface area contributed by atoms with Gasteiger partial charge in [-0.05, 0) is 12.8 Å². The SMILES string of the molecule is O=C(CCOCCOCCOCCOCCOCCOCCOCCOCCOCCOCCCCCCCl)Oc1c(F)c(F)c(F)c(F)c1F. The van der Waals surface area contributed by atoms with Crippen molar-refractivity contribution in [2.75, 3.05) is 138 Å². The summed E-state index contributed by atoms with van der Waals surface area (Å²) in [5, 5.41) is 0. The van der Waals surface area contributed by atoms with E-state index >= 15 is 0 Å². The molecule has 12 nitrogen and oxygen atoms in total. The van der Waals surface area contributed by atoms with Gasteiger partial charge in [0.05, 0.1) is 132 Å². The summed E-state index contributed by atoms with van der Waals surface area (Å²) in [7, 11) is 0. The van der Waals surface area contributed by atoms with Crippen molar-refractivity contribution < 1.29 is 78.9 Å². The molecule has 1 aromatic carbocycles. The van der Waals surface area contributed by atoms with E-state index in [4.69, 9.17) is 59.0 Å². The maximum Gasteiger partial charge on any atom is 0.313 e. The predicted octanol–water partition coefficient (Wildman–Crippen LogP) is 4.64. The third-order valence-electron chi connectivity index (χ3n) is 6.36. The molecule has 298 valence electrons. The summed E-state index contributed by atoms with van der Waals surface area (Å²) in [6.45, 7) is 7.88. The zero-order valence-corrected chi connectivity index (χ0v) is 29.8. The quantitative estimate of drug-likeness (QED) is 0.0179. The highest BCUT2D eigenvalue weighted by atomic mass is 35.5. The molecule has 0 fully saturated rings. The molecular formula is C33H52ClF5O12. The van der Waals surface area contributed by atoms with Crippen LogP contribution in [0.2, 0.25) is 0 Å². The molecule has 0 bridgehead atoms. The average Bonchev–Trinajstić information content (AvgIpc) is 3.13. The Bertz CT molecular complexity index is 973. The number of carbonyl (C=O) groups is 1. The fraction of sp³-hybridized carbons (Fsp3) is 0.788. The van der Waals surface area contributed by atoms with E-state index < -0.39 is 47.2 Å². The summed E-state index contributed by atoms with van der Waals surface area (Å²) < 4.78 is 125. The number of rotatable bonds is 37. The third kappa shape index (κ3) is 25.8. The van der Waals surface area contributed by atoms with Crippen LogP contribution < -0.4 is 4.74 Å². The lowest BCUT2D eigenvalue weighted by atomic mass is 10.2. The van der Waals surface area contributed by atoms with Gasteiger partial charge in [0.2, 0.25) is 34.8 Å². The van der Waals surface area contributed by atoms with Crippen LogP contribution in [0.3, 0.4) is 0 Å². The Hall–Kier alpha value is -1.77. The molecular weight excluding hydrogens is 719 g/mol. The van der Waals surface area contributed by atoms with Crippen molar-refractivity contribution in [1.82, 2.24) is 0 Å². The standard InChI is InChI=1S/C33H52ClF5O12/c34-6-3-1-2-4-7-41-9-11-43-13-15-45-17-19-47-21-23-49-25-26-50-24-22-48-20-18-46-16-14-44-12-10-42-8-5-27(40)51-33-31(38)29(36)28(35)30(37)32(33)39/h1-26H2. The van der Waals surface area contributed by atoms with Crippen LogP contribution in [0.15, 0.2) is 0 Å². The summed E-state index contributed by atoms with van der Waals surface area (Å²) in [5.41, 5.74) is 0. The van der Waals surface area contributed by atoms with Crippen LogP contribution in [0.4, 0.5) is 22.0 Å². The van der Waals surface area contributed by atoms with Gasteiger partial charge >= 0.3 is 5.97 Å². The topological polar surface area (TPSA) is 119 Å². The Morgan fingerprint density at radius 2 is 0.647 bits per heavy atom. The zero-order chi connectivity index (χ0) is 37.2. The molecule has 1 rings (SSSR count). The largest absolute Gasteiger partial charge is 0.420 e. The molecule has 1 aromatic rings. The van der Waals surface area contributed by atoms with Crippen LogP contribution in [0.1, 0.15) is 32.1 Å². The van der Waals surface area contributed by atoms with Gasteiger partial charge in [0.25, 0.3) is 0 Å². The maximum absolute atomic E-state index is 13.5. The van der Waals surface area contributed by atoms with E-state index in [0.717, 1.165) is 38.2 Å². The fourth-order valence-electron chi connectivity index (χ4n) is 3.73. The first kappa shape index (κ1) is 47.3. The van der Waals surface area contributed by atoms with E-state index in [2.05, 4.69) is 4.74 Å². The van der Waals surface area contributed by atoms with Crippen LogP contribution in [-0.2, 0) is 52.2 Å². The lowest BCUT2D eigenvalue weighted by Crippen LogP contribution is -2.16. The smallest absolute Gasteiger partial charge is 0.313 e. The van der Waals surface area contributed by atoms with Crippen molar-refractivity contribution >= 4 is 17.6 Å². The summed E-state index contributed by atoms with van der Waals surface area (Å²) in [6.07, 6.45) is 3.92. The summed E-state index contributed by atoms with van der Waals surface area (Å²) in [5.74, 6) is -13.4. The van der Waals surface area contributed by atoms with E-state index in [-0.39, 0.29) is 26.4 Å². The highest BCUT2D eigenvalue weighted by Crippen LogP contribution is 2.29. The van der Waals surface area contributed by atoms with E-state index in [1.165, 1.54) is 0 Å². The Kier molecular flexibility index (Phi) is 31.5. The summed E-state index contributed by atoms with van der Waals surface area (Å²) in [4.78, 5) is 11.6. The number of hydrogen-bond acceptors (Lipinski definition) is 12. The van der Waals surface area contributed by atoms with E-state index in [9.17, 15) is 26.7 Å². The van der Waals surface area contributed by atoms with Gasteiger partial charge in [-0.15, -0.1) is 11.6 Å². The molecule has 0 N–H and O–H groups in total. The van der Waals surface area contributed by atoms with Crippen LogP contribution in [0, 0.1) is 29.1 Å². The normalized spacial score (nSPS) is 11.5. The van der Waals surface area contributed by atoms with Crippen molar-refractivity contribution in [3.63, 3.8) is 0 Å². The molecule has 0 aliphatic carbocycles. The van der Waals surface area contributed by atoms with E-state index in [0.29, 0.717) is 99.1 Å². The molecule has 0 aromatic heterocycles. The lowest BCUT2D eigenvalue weighted by Gasteiger charge is -2.09. The number of ether oxygens (including phenoxy) is 11. The molecule has 0 aliphatic rings. The van der Waals surface area contributed by atoms with Crippen molar-refractivity contribution in [3.8, 4) is 5.75 Å². The average molecular weight is 771 g/mol. The summed E-state index contributed by atoms with van der Waals surface area (Å²) >= 11 is 5.64. The second-order valence-corrected chi connectivity index (χ2v) is 10.7. The number of alkyl halides is 1. The number of hydrogen-bond donors (Lipinski definition) is 0. The molecule has 18 heteroatoms. The summed E-state index contributed by atoms with van der Waals surface area (Å²) in [6, 6.07) is 0. The molecule has 0 atom stereocenters. The monoisotopic (exact) mass is 770 g/mol. The first-order valence-electron chi connectivity index (χ1n) is 17.0. The van der Waals surface area contributed by atoms with Gasteiger partial charge < -0.3 is 52.1 Å². The van der Waals surface area contributed by atoms with Crippen LogP contribution in [0.5, 0.6) is 5.75 Å². The molecule has 0 heterocycles. The Morgan fingerprint density at radius 3 is 0.980 bits per heavy atom. The number of carbonyl (C=O) groups excluding carboxylic acids is 1. The molecule has 0 spiro atoms. The molecule has 0 aliphatic heterocycles. The van der Waals surface area contributed by atoms with Gasteiger partial charge in [-0.25, -0.2) is 13.2 Å². The number of unbranched alkanes of at least 4 members (excludes halogenated alkanes) is 3. The van der Waals surface area contributed by atoms with E-state index in [1.807, 2.05) is 0 Å². The minimum atomic E-state index is -2.35. The molecule has 0 unspecified atom stereocenters. The second kappa shape index (κ2) is 34.0. The minimum Gasteiger partial charge on any atom is -0.420 e. The predicted molar refractivity (Wildman–Crippen MR) is 174 cm³/mol. The van der Waals surface area contributed by atoms with Crippen LogP contribution in [-0.4, -0.2) is 144 Å². The van der Waals surface area contributed by atoms with Gasteiger partial charge in [0.15, 0.2) is 0 Å². The maximum atomic E-state index is 13.5. The first-order chi connectivity index (χ1) is 24.9. The fourth-order valence-corrected chi connectivity index (χ4v) is 3.92. The van der Waals surface area contributed by atoms with Gasteiger partial charge in [0.1, 0.15) is 0 Å². The highest BCUT2D eigenvalue weighted by molar-refractivity contribution is 6.17. The van der Waals surface area contributed by atoms with Crippen molar-refractivity contribution in [3.05, 3.63) is 29.1 Å². The highest BCUT2D eigenvalue weighted by Gasteiger charge is 2.28. The zero-order valence-electron chi connectivity index (χ0n) is 29.1. The molecule has 0 saturated carbocycles. The van der Waals surface area contributed by atoms with Gasteiger partial charge in [0, 0.05) is 12.5 Å². The van der Waals surface area contributed by atoms with Crippen molar-refractivity contribution in [1.29, 1.82) is 0 Å². The minimum absolute atomic E-state index is 0.0820. The van der Waals surface area contributed by atoms with Gasteiger partial charge in [-0.3, -0.25) is 4.79 Å². The number of esters is 1. The van der Waals surface area contributed by atoms with Crippen LogP contribution >= 0.6 is 11.6 Å². The van der Waals surface area contributed by atoms with Crippen LogP contribution in [0.25, 0.3) is 0 Å². The van der Waals surface area contributed by atoms with Crippen molar-refractivity contribution in [2.24, 2.45) is 0 Å². The first-order valence-corrected chi connectivity index (χ1v) is 17.5. The molecule has 0 amide bonds. The Labute approximate surface area is 301 Å². The molecule has 51 heavy (non-hydrogen) atoms. The second-order valence-electron chi connectivity index (χ2n) is 10.4. The van der Waals surface area contributed by atoms with Gasteiger partial charge in [-0.1, -0.05) is 12.8 Å². The van der Waals surface area contributed by atoms with E-state index in [1.54, 1.807) is 0 Å².